The van der Waals surface area contributed by atoms with E-state index >= 15 is 0 Å². The summed E-state index contributed by atoms with van der Waals surface area (Å²) in [6.07, 6.45) is 12.8. The maximum absolute atomic E-state index is 13.7. The van der Waals surface area contributed by atoms with Gasteiger partial charge in [-0.3, -0.25) is 9.59 Å². The number of fused-ring (bicyclic) bond motifs is 5. The second-order valence-corrected chi connectivity index (χ2v) is 11.1. The molecule has 7 unspecified atom stereocenters. The Bertz CT molecular complexity index is 628. The fraction of sp³-hybridized carbons (Fsp3) is 0.935. The van der Waals surface area contributed by atoms with Crippen molar-refractivity contribution in [2.75, 3.05) is 7.11 Å². The molecule has 0 aliphatic heterocycles. The molecule has 0 heterocycles. The van der Waals surface area contributed by atoms with Gasteiger partial charge >= 0.3 is 5.97 Å². The van der Waals surface area contributed by atoms with Crippen LogP contribution in [0.5, 0.6) is 0 Å². The van der Waals surface area contributed by atoms with Crippen molar-refractivity contribution in [3.05, 3.63) is 0 Å². The minimum absolute atomic E-state index is 0.120. The van der Waals surface area contributed by atoms with E-state index in [9.17, 15) is 9.59 Å². The van der Waals surface area contributed by atoms with Crippen LogP contribution in [-0.2, 0) is 14.3 Å². The Morgan fingerprint density at radius 1 is 0.941 bits per heavy atom. The molecule has 4 aliphatic carbocycles. The van der Waals surface area contributed by atoms with Gasteiger partial charge in [-0.15, -0.1) is 0 Å². The average molecular weight is 479 g/mol. The van der Waals surface area contributed by atoms with Crippen LogP contribution in [0.2, 0.25) is 0 Å². The van der Waals surface area contributed by atoms with Crippen molar-refractivity contribution < 1.29 is 14.3 Å². The van der Waals surface area contributed by atoms with Crippen LogP contribution in [0.3, 0.4) is 0 Å². The van der Waals surface area contributed by atoms with Gasteiger partial charge < -0.3 is 4.74 Å². The van der Waals surface area contributed by atoms with E-state index in [0.717, 1.165) is 24.7 Å². The smallest absolute Gasteiger partial charge is 0.305 e. The average Bonchev–Trinajstić information content (AvgIpc) is 3.25. The van der Waals surface area contributed by atoms with Gasteiger partial charge in [-0.25, -0.2) is 0 Å². The van der Waals surface area contributed by atoms with Gasteiger partial charge in [0.05, 0.1) is 7.11 Å². The molecule has 0 radical (unpaired) electrons. The summed E-state index contributed by atoms with van der Waals surface area (Å²) >= 11 is 0. The molecular formula is C31H58O3. The molecule has 4 fully saturated rings. The van der Waals surface area contributed by atoms with Gasteiger partial charge in [0.25, 0.3) is 0 Å². The van der Waals surface area contributed by atoms with Crippen LogP contribution in [0.25, 0.3) is 0 Å². The minimum atomic E-state index is -0.158. The summed E-state index contributed by atoms with van der Waals surface area (Å²) in [4.78, 5) is 25.3. The number of rotatable bonds is 4. The van der Waals surface area contributed by atoms with Crippen LogP contribution >= 0.6 is 0 Å². The highest BCUT2D eigenvalue weighted by atomic mass is 16.5. The van der Waals surface area contributed by atoms with E-state index in [4.69, 9.17) is 4.74 Å². The maximum atomic E-state index is 13.7. The second kappa shape index (κ2) is 14.0. The Kier molecular flexibility index (Phi) is 12.9. The van der Waals surface area contributed by atoms with Gasteiger partial charge in [-0.1, -0.05) is 75.2 Å². The number of esters is 1. The monoisotopic (exact) mass is 478 g/mol. The third-order valence-electron chi connectivity index (χ3n) is 10.2. The minimum Gasteiger partial charge on any atom is -0.469 e. The largest absolute Gasteiger partial charge is 0.469 e. The number of hydrogen-bond donors (Lipinski definition) is 0. The van der Waals surface area contributed by atoms with Crippen molar-refractivity contribution >= 4 is 11.8 Å². The van der Waals surface area contributed by atoms with Crippen molar-refractivity contribution in [1.29, 1.82) is 0 Å². The standard InChI is InChI=1S/C25H40O3.3C2H6/c1-16(8-13-23(27)28-4)19-11-12-20-18-10-9-17-7-5-6-14-24(17,2)21(18)15-22(26)25(19,20)3;3*1-2/h16-21H,5-15H2,1-4H3;3*1-2H3/t16-,17?,18?,19?,20?,21?,24?,25?;;;/m1.../s1. The summed E-state index contributed by atoms with van der Waals surface area (Å²) in [6.45, 7) is 19.1. The third-order valence-corrected chi connectivity index (χ3v) is 10.2. The molecule has 3 heteroatoms. The number of ether oxygens (including phenoxy) is 1. The first-order chi connectivity index (χ1) is 16.3. The predicted molar refractivity (Wildman–Crippen MR) is 145 cm³/mol. The van der Waals surface area contributed by atoms with Gasteiger partial charge in [0.1, 0.15) is 5.78 Å². The van der Waals surface area contributed by atoms with Gasteiger partial charge in [-0.05, 0) is 85.9 Å². The Labute approximate surface area is 212 Å². The van der Waals surface area contributed by atoms with E-state index in [1.165, 1.54) is 58.5 Å². The molecule has 0 spiro atoms. The van der Waals surface area contributed by atoms with Crippen molar-refractivity contribution in [2.45, 2.75) is 133 Å². The zero-order valence-corrected chi connectivity index (χ0v) is 24.5. The first-order valence-corrected chi connectivity index (χ1v) is 14.9. The molecule has 0 aromatic rings. The maximum Gasteiger partial charge on any atom is 0.305 e. The SMILES string of the molecule is CC.CC.CC.COC(=O)CC[C@@H](C)C1CCC2C3CCC4CCCCC4(C)C3CC(=O)C21C. The lowest BCUT2D eigenvalue weighted by Gasteiger charge is -2.60. The van der Waals surface area contributed by atoms with E-state index < -0.39 is 0 Å². The molecule has 4 aliphatic rings. The highest BCUT2D eigenvalue weighted by molar-refractivity contribution is 5.87. The van der Waals surface area contributed by atoms with E-state index in [2.05, 4.69) is 20.8 Å². The van der Waals surface area contributed by atoms with E-state index in [1.807, 2.05) is 41.5 Å². The number of methoxy groups -OCH3 is 1. The summed E-state index contributed by atoms with van der Waals surface area (Å²) in [6, 6.07) is 0. The van der Waals surface area contributed by atoms with Crippen LogP contribution in [-0.4, -0.2) is 18.9 Å². The third kappa shape index (κ3) is 5.75. The molecule has 0 saturated heterocycles. The molecule has 0 bridgehead atoms. The molecule has 0 aromatic carbocycles. The lowest BCUT2D eigenvalue weighted by Crippen LogP contribution is -2.56. The van der Waals surface area contributed by atoms with E-state index in [1.54, 1.807) is 0 Å². The molecule has 0 amide bonds. The Balaban J connectivity index is 0.000000894. The second-order valence-electron chi connectivity index (χ2n) is 11.1. The van der Waals surface area contributed by atoms with Crippen LogP contribution < -0.4 is 0 Å². The lowest BCUT2D eigenvalue weighted by molar-refractivity contribution is -0.157. The van der Waals surface area contributed by atoms with Crippen molar-refractivity contribution in [3.63, 3.8) is 0 Å². The highest BCUT2D eigenvalue weighted by Gasteiger charge is 2.63. The first-order valence-electron chi connectivity index (χ1n) is 14.9. The van der Waals surface area contributed by atoms with Gasteiger partial charge in [0.15, 0.2) is 0 Å². The Morgan fingerprint density at radius 2 is 1.59 bits per heavy atom. The number of Topliss-reactive ketones (excluding diaryl/α,β-unsaturated/α-hetero) is 1. The van der Waals surface area contributed by atoms with Crippen LogP contribution in [0.15, 0.2) is 0 Å². The zero-order chi connectivity index (χ0) is 26.1. The number of hydrogen-bond acceptors (Lipinski definition) is 3. The zero-order valence-electron chi connectivity index (χ0n) is 24.5. The summed E-state index contributed by atoms with van der Waals surface area (Å²) < 4.78 is 4.84. The number of carbonyl (C=O) groups excluding carboxylic acids is 2. The lowest BCUT2D eigenvalue weighted by atomic mass is 9.44. The van der Waals surface area contributed by atoms with Crippen LogP contribution in [0, 0.1) is 46.3 Å². The fourth-order valence-corrected chi connectivity index (χ4v) is 8.59. The van der Waals surface area contributed by atoms with Crippen molar-refractivity contribution in [3.8, 4) is 0 Å². The molecule has 200 valence electrons. The number of carbonyl (C=O) groups is 2. The molecule has 3 nitrogen and oxygen atoms in total. The highest BCUT2D eigenvalue weighted by Crippen LogP contribution is 2.67. The van der Waals surface area contributed by atoms with Crippen molar-refractivity contribution in [2.24, 2.45) is 46.3 Å². The molecule has 0 aromatic heterocycles. The van der Waals surface area contributed by atoms with Crippen LogP contribution in [0.4, 0.5) is 0 Å². The topological polar surface area (TPSA) is 43.4 Å². The molecule has 0 N–H and O–H groups in total. The molecule has 4 saturated carbocycles. The Hall–Kier alpha value is -0.860. The molecular weight excluding hydrogens is 420 g/mol. The summed E-state index contributed by atoms with van der Waals surface area (Å²) in [5.74, 6) is 4.09. The van der Waals surface area contributed by atoms with Gasteiger partial charge in [-0.2, -0.15) is 0 Å². The quantitative estimate of drug-likeness (QED) is 0.379. The summed E-state index contributed by atoms with van der Waals surface area (Å²) in [5.41, 5.74) is 0.251. The molecule has 8 atom stereocenters. The van der Waals surface area contributed by atoms with Crippen LogP contribution in [0.1, 0.15) is 133 Å². The van der Waals surface area contributed by atoms with Gasteiger partial charge in [0.2, 0.25) is 0 Å². The Morgan fingerprint density at radius 3 is 2.21 bits per heavy atom. The first kappa shape index (κ1) is 31.2. The van der Waals surface area contributed by atoms with Gasteiger partial charge in [0, 0.05) is 18.3 Å². The number of ketones is 1. The van der Waals surface area contributed by atoms with E-state index in [-0.39, 0.29) is 11.4 Å². The molecule has 4 rings (SSSR count). The normalized spacial score (nSPS) is 38.6. The summed E-state index contributed by atoms with van der Waals surface area (Å²) in [7, 11) is 1.47. The fourth-order valence-electron chi connectivity index (χ4n) is 8.59. The molecule has 34 heavy (non-hydrogen) atoms. The predicted octanol–water partition coefficient (Wildman–Crippen LogP) is 8.88. The van der Waals surface area contributed by atoms with E-state index in [0.29, 0.717) is 41.3 Å². The summed E-state index contributed by atoms with van der Waals surface area (Å²) in [5, 5.41) is 0. The van der Waals surface area contributed by atoms with Crippen molar-refractivity contribution in [1.82, 2.24) is 0 Å².